The molecule has 0 fully saturated rings. The van der Waals surface area contributed by atoms with Gasteiger partial charge in [-0.1, -0.05) is 11.6 Å². The zero-order valence-corrected chi connectivity index (χ0v) is 13.1. The molecule has 1 heterocycles. The number of sulfonamides is 1. The number of nitrogens with one attached hydrogen (secondary N) is 1. The largest absolute Gasteiger partial charge is 0.495 e. The highest BCUT2D eigenvalue weighted by Gasteiger charge is 2.19. The highest BCUT2D eigenvalue weighted by atomic mass is 35.5. The number of rotatable bonds is 4. The number of hydrogen-bond acceptors (Lipinski definition) is 5. The van der Waals surface area contributed by atoms with E-state index in [9.17, 15) is 8.42 Å². The molecule has 8 heteroatoms. The van der Waals surface area contributed by atoms with E-state index in [2.05, 4.69) is 4.72 Å². The van der Waals surface area contributed by atoms with Crippen molar-refractivity contribution >= 4 is 27.3 Å². The molecule has 0 saturated heterocycles. The van der Waals surface area contributed by atoms with Crippen LogP contribution in [0.25, 0.3) is 0 Å². The summed E-state index contributed by atoms with van der Waals surface area (Å²) in [5.41, 5.74) is 0.371. The third-order valence-electron chi connectivity index (χ3n) is 3.06. The number of hydrogen-bond donors (Lipinski definition) is 1. The van der Waals surface area contributed by atoms with Crippen LogP contribution in [0.5, 0.6) is 17.2 Å². The quantitative estimate of drug-likeness (QED) is 0.925. The molecular weight excluding hydrogens is 330 g/mol. The van der Waals surface area contributed by atoms with Crippen molar-refractivity contribution < 1.29 is 22.6 Å². The van der Waals surface area contributed by atoms with E-state index in [4.69, 9.17) is 25.8 Å². The lowest BCUT2D eigenvalue weighted by Crippen LogP contribution is -2.12. The minimum Gasteiger partial charge on any atom is -0.495 e. The van der Waals surface area contributed by atoms with E-state index in [1.165, 1.54) is 25.3 Å². The van der Waals surface area contributed by atoms with Gasteiger partial charge >= 0.3 is 0 Å². The number of ether oxygens (including phenoxy) is 3. The maximum Gasteiger partial charge on any atom is 0.261 e. The first-order valence-electron chi connectivity index (χ1n) is 6.25. The molecule has 0 amide bonds. The highest BCUT2D eigenvalue weighted by molar-refractivity contribution is 7.92. The number of benzene rings is 2. The Balaban J connectivity index is 1.89. The molecule has 0 unspecified atom stereocenters. The van der Waals surface area contributed by atoms with Crippen molar-refractivity contribution in [1.82, 2.24) is 0 Å². The van der Waals surface area contributed by atoms with E-state index in [0.717, 1.165) is 0 Å². The zero-order valence-electron chi connectivity index (χ0n) is 11.5. The number of methoxy groups -OCH3 is 1. The van der Waals surface area contributed by atoms with E-state index in [-0.39, 0.29) is 16.7 Å². The molecule has 1 aliphatic heterocycles. The fourth-order valence-electron chi connectivity index (χ4n) is 1.99. The first kappa shape index (κ1) is 14.8. The number of anilines is 1. The van der Waals surface area contributed by atoms with Crippen LogP contribution in [0.4, 0.5) is 5.69 Å². The molecule has 0 atom stereocenters. The Kier molecular flexibility index (Phi) is 3.76. The molecule has 0 saturated carbocycles. The van der Waals surface area contributed by atoms with Gasteiger partial charge < -0.3 is 14.2 Å². The minimum atomic E-state index is -3.76. The molecule has 22 heavy (non-hydrogen) atoms. The van der Waals surface area contributed by atoms with Crippen molar-refractivity contribution in [1.29, 1.82) is 0 Å². The Labute approximate surface area is 132 Å². The van der Waals surface area contributed by atoms with Crippen molar-refractivity contribution in [2.75, 3.05) is 18.6 Å². The summed E-state index contributed by atoms with van der Waals surface area (Å²) in [6, 6.07) is 9.04. The fraction of sp³-hybridized carbons (Fsp3) is 0.143. The van der Waals surface area contributed by atoms with E-state index in [0.29, 0.717) is 22.9 Å². The van der Waals surface area contributed by atoms with Gasteiger partial charge in [0, 0.05) is 6.07 Å². The van der Waals surface area contributed by atoms with Crippen molar-refractivity contribution in [3.8, 4) is 17.2 Å². The molecule has 0 radical (unpaired) electrons. The Morgan fingerprint density at radius 3 is 2.64 bits per heavy atom. The molecule has 1 aliphatic rings. The molecule has 1 N–H and O–H groups in total. The number of halogens is 1. The maximum absolute atomic E-state index is 12.4. The van der Waals surface area contributed by atoms with E-state index < -0.39 is 10.0 Å². The van der Waals surface area contributed by atoms with Gasteiger partial charge in [-0.05, 0) is 30.3 Å². The molecule has 2 aromatic rings. The molecule has 116 valence electrons. The second kappa shape index (κ2) is 5.58. The summed E-state index contributed by atoms with van der Waals surface area (Å²) in [6.45, 7) is 0.125. The molecule has 0 spiro atoms. The van der Waals surface area contributed by atoms with Crippen LogP contribution >= 0.6 is 11.6 Å². The molecule has 0 bridgehead atoms. The average molecular weight is 342 g/mol. The van der Waals surface area contributed by atoms with E-state index in [1.54, 1.807) is 18.2 Å². The Morgan fingerprint density at radius 1 is 1.14 bits per heavy atom. The summed E-state index contributed by atoms with van der Waals surface area (Å²) in [5, 5.41) is 0.219. The van der Waals surface area contributed by atoms with Crippen molar-refractivity contribution in [3.05, 3.63) is 41.4 Å². The number of fused-ring (bicyclic) bond motifs is 1. The van der Waals surface area contributed by atoms with Crippen LogP contribution in [-0.2, 0) is 10.0 Å². The van der Waals surface area contributed by atoms with Crippen LogP contribution in [-0.4, -0.2) is 22.3 Å². The lowest BCUT2D eigenvalue weighted by Gasteiger charge is -2.10. The fourth-order valence-corrected chi connectivity index (χ4v) is 3.39. The molecular formula is C14H12ClNO5S. The third-order valence-corrected chi connectivity index (χ3v) is 4.73. The Bertz CT molecular complexity index is 822. The first-order chi connectivity index (χ1) is 10.5. The van der Waals surface area contributed by atoms with Crippen LogP contribution < -0.4 is 18.9 Å². The third kappa shape index (κ3) is 2.77. The molecule has 2 aromatic carbocycles. The Hall–Kier alpha value is -2.12. The van der Waals surface area contributed by atoms with Crippen LogP contribution in [0, 0.1) is 0 Å². The van der Waals surface area contributed by atoms with Crippen molar-refractivity contribution in [2.24, 2.45) is 0 Å². The molecule has 6 nitrogen and oxygen atoms in total. The lowest BCUT2D eigenvalue weighted by molar-refractivity contribution is 0.174. The van der Waals surface area contributed by atoms with Gasteiger partial charge in [-0.2, -0.15) is 0 Å². The Morgan fingerprint density at radius 2 is 1.91 bits per heavy atom. The van der Waals surface area contributed by atoms with Gasteiger partial charge in [-0.15, -0.1) is 0 Å². The van der Waals surface area contributed by atoms with Crippen LogP contribution in [0.15, 0.2) is 41.3 Å². The minimum absolute atomic E-state index is 0.0379. The molecule has 3 rings (SSSR count). The van der Waals surface area contributed by atoms with Crippen LogP contribution in [0.1, 0.15) is 0 Å². The predicted octanol–water partition coefficient (Wildman–Crippen LogP) is 2.88. The summed E-state index contributed by atoms with van der Waals surface area (Å²) >= 11 is 5.96. The van der Waals surface area contributed by atoms with E-state index in [1.807, 2.05) is 0 Å². The summed E-state index contributed by atoms with van der Waals surface area (Å²) in [6.07, 6.45) is 0. The van der Waals surface area contributed by atoms with Crippen molar-refractivity contribution in [3.63, 3.8) is 0 Å². The normalized spacial score (nSPS) is 13.0. The van der Waals surface area contributed by atoms with Gasteiger partial charge in [-0.3, -0.25) is 4.72 Å². The lowest BCUT2D eigenvalue weighted by atomic mass is 10.3. The maximum atomic E-state index is 12.4. The summed E-state index contributed by atoms with van der Waals surface area (Å²) in [5.74, 6) is 1.48. The van der Waals surface area contributed by atoms with Crippen LogP contribution in [0.3, 0.4) is 0 Å². The average Bonchev–Trinajstić information content (AvgIpc) is 2.94. The first-order valence-corrected chi connectivity index (χ1v) is 8.12. The topological polar surface area (TPSA) is 73.9 Å². The van der Waals surface area contributed by atoms with Gasteiger partial charge in [0.05, 0.1) is 22.7 Å². The second-order valence-corrected chi connectivity index (χ2v) is 6.56. The predicted molar refractivity (Wildman–Crippen MR) is 81.4 cm³/mol. The van der Waals surface area contributed by atoms with Crippen LogP contribution in [0.2, 0.25) is 5.02 Å². The molecule has 0 aromatic heterocycles. The standard InChI is InChI=1S/C14H12ClNO5S/c1-19-12-5-3-10(7-11(12)15)22(17,18)16-9-2-4-13-14(6-9)21-8-20-13/h2-7,16H,8H2,1H3. The summed E-state index contributed by atoms with van der Waals surface area (Å²) in [4.78, 5) is 0.0379. The van der Waals surface area contributed by atoms with Gasteiger partial charge in [0.1, 0.15) is 5.75 Å². The summed E-state index contributed by atoms with van der Waals surface area (Å²) in [7, 11) is -2.31. The van der Waals surface area contributed by atoms with Gasteiger partial charge in [0.15, 0.2) is 11.5 Å². The smallest absolute Gasteiger partial charge is 0.261 e. The summed E-state index contributed by atoms with van der Waals surface area (Å²) < 4.78 is 42.6. The SMILES string of the molecule is COc1ccc(S(=O)(=O)Nc2ccc3c(c2)OCO3)cc1Cl. The zero-order chi connectivity index (χ0) is 15.7. The van der Waals surface area contributed by atoms with Crippen molar-refractivity contribution in [2.45, 2.75) is 4.90 Å². The van der Waals surface area contributed by atoms with Gasteiger partial charge in [0.2, 0.25) is 6.79 Å². The highest BCUT2D eigenvalue weighted by Crippen LogP contribution is 2.35. The monoisotopic (exact) mass is 341 g/mol. The molecule has 0 aliphatic carbocycles. The van der Waals surface area contributed by atoms with Gasteiger partial charge in [0.25, 0.3) is 10.0 Å². The van der Waals surface area contributed by atoms with Gasteiger partial charge in [-0.25, -0.2) is 8.42 Å². The second-order valence-electron chi connectivity index (χ2n) is 4.47. The van der Waals surface area contributed by atoms with E-state index >= 15 is 0 Å².